The molecule has 0 fully saturated rings. The fourth-order valence-electron chi connectivity index (χ4n) is 1.85. The molecule has 0 aliphatic heterocycles. The van der Waals surface area contributed by atoms with Crippen LogP contribution in [0, 0.1) is 0 Å². The molecule has 94 valence electrons. The summed E-state index contributed by atoms with van der Waals surface area (Å²) < 4.78 is 10.5. The van der Waals surface area contributed by atoms with Crippen molar-refractivity contribution in [2.75, 3.05) is 14.2 Å². The van der Waals surface area contributed by atoms with E-state index in [1.165, 1.54) is 0 Å². The molecule has 0 aromatic heterocycles. The molecule has 2 nitrogen and oxygen atoms in total. The molecule has 2 aromatic rings. The van der Waals surface area contributed by atoms with Crippen LogP contribution in [0.2, 0.25) is 0 Å². The van der Waals surface area contributed by atoms with Crippen LogP contribution < -0.4 is 9.47 Å². The van der Waals surface area contributed by atoms with Crippen LogP contribution in [0.1, 0.15) is 5.56 Å². The van der Waals surface area contributed by atoms with E-state index in [1.807, 2.05) is 30.3 Å². The van der Waals surface area contributed by atoms with Gasteiger partial charge in [-0.05, 0) is 34.9 Å². The highest BCUT2D eigenvalue weighted by atomic mass is 35.5. The van der Waals surface area contributed by atoms with Crippen molar-refractivity contribution < 1.29 is 9.47 Å². The minimum atomic E-state index is 0.515. The molecule has 3 heteroatoms. The first kappa shape index (κ1) is 12.8. The lowest BCUT2D eigenvalue weighted by molar-refractivity contribution is 0.355. The minimum Gasteiger partial charge on any atom is -0.493 e. The third-order valence-electron chi connectivity index (χ3n) is 2.80. The molecule has 0 saturated heterocycles. The van der Waals surface area contributed by atoms with Crippen molar-refractivity contribution in [1.29, 1.82) is 0 Å². The Morgan fingerprint density at radius 1 is 0.889 bits per heavy atom. The van der Waals surface area contributed by atoms with Crippen LogP contribution in [0.4, 0.5) is 0 Å². The van der Waals surface area contributed by atoms with Gasteiger partial charge in [-0.3, -0.25) is 0 Å². The van der Waals surface area contributed by atoms with Gasteiger partial charge in [0.2, 0.25) is 0 Å². The van der Waals surface area contributed by atoms with E-state index in [0.717, 1.165) is 28.2 Å². The van der Waals surface area contributed by atoms with Gasteiger partial charge in [0.05, 0.1) is 14.2 Å². The zero-order valence-electron chi connectivity index (χ0n) is 10.4. The minimum absolute atomic E-state index is 0.515. The summed E-state index contributed by atoms with van der Waals surface area (Å²) in [7, 11) is 3.27. The normalized spacial score (nSPS) is 10.2. The smallest absolute Gasteiger partial charge is 0.161 e. The molecule has 0 bridgehead atoms. The highest BCUT2D eigenvalue weighted by Gasteiger charge is 2.06. The van der Waals surface area contributed by atoms with Crippen molar-refractivity contribution in [2.24, 2.45) is 0 Å². The topological polar surface area (TPSA) is 18.5 Å². The lowest BCUT2D eigenvalue weighted by Gasteiger charge is -2.10. The highest BCUT2D eigenvalue weighted by molar-refractivity contribution is 6.17. The van der Waals surface area contributed by atoms with Gasteiger partial charge in [-0.1, -0.05) is 24.3 Å². The maximum absolute atomic E-state index is 5.85. The second-order valence-electron chi connectivity index (χ2n) is 3.90. The fraction of sp³-hybridized carbons (Fsp3) is 0.200. The molecule has 0 radical (unpaired) electrons. The molecule has 2 rings (SSSR count). The standard InChI is InChI=1S/C15H15ClO2/c1-17-14-7-6-13(9-15(14)18-2)12-5-3-4-11(8-12)10-16/h3-9H,10H2,1-2H3. The van der Waals surface area contributed by atoms with Gasteiger partial charge in [-0.15, -0.1) is 11.6 Å². The Balaban J connectivity index is 2.43. The number of rotatable bonds is 4. The SMILES string of the molecule is COc1ccc(-c2cccc(CCl)c2)cc1OC. The monoisotopic (exact) mass is 262 g/mol. The summed E-state index contributed by atoms with van der Waals surface area (Å²) in [5.41, 5.74) is 3.30. The first-order chi connectivity index (χ1) is 8.78. The first-order valence-corrected chi connectivity index (χ1v) is 6.19. The Morgan fingerprint density at radius 2 is 1.61 bits per heavy atom. The summed E-state index contributed by atoms with van der Waals surface area (Å²) in [6, 6.07) is 14.0. The average Bonchev–Trinajstić information content (AvgIpc) is 2.46. The predicted octanol–water partition coefficient (Wildman–Crippen LogP) is 4.11. The summed E-state index contributed by atoms with van der Waals surface area (Å²) in [6.45, 7) is 0. The first-order valence-electron chi connectivity index (χ1n) is 5.65. The van der Waals surface area contributed by atoms with Crippen molar-refractivity contribution in [3.8, 4) is 22.6 Å². The fourth-order valence-corrected chi connectivity index (χ4v) is 2.02. The molecule has 0 amide bonds. The van der Waals surface area contributed by atoms with E-state index in [-0.39, 0.29) is 0 Å². The summed E-state index contributed by atoms with van der Waals surface area (Å²) in [6.07, 6.45) is 0. The quantitative estimate of drug-likeness (QED) is 0.772. The maximum Gasteiger partial charge on any atom is 0.161 e. The molecule has 0 unspecified atom stereocenters. The van der Waals surface area contributed by atoms with Gasteiger partial charge in [-0.2, -0.15) is 0 Å². The number of hydrogen-bond donors (Lipinski definition) is 0. The molecule has 0 aliphatic rings. The zero-order chi connectivity index (χ0) is 13.0. The maximum atomic E-state index is 5.85. The van der Waals surface area contributed by atoms with E-state index in [0.29, 0.717) is 5.88 Å². The molecule has 0 atom stereocenters. The third kappa shape index (κ3) is 2.59. The van der Waals surface area contributed by atoms with Gasteiger partial charge in [0.15, 0.2) is 11.5 Å². The summed E-state index contributed by atoms with van der Waals surface area (Å²) in [5, 5.41) is 0. The van der Waals surface area contributed by atoms with Gasteiger partial charge in [0.25, 0.3) is 0 Å². The Hall–Kier alpha value is -1.67. The molecular formula is C15H15ClO2. The predicted molar refractivity (Wildman–Crippen MR) is 74.5 cm³/mol. The molecule has 18 heavy (non-hydrogen) atoms. The summed E-state index contributed by atoms with van der Waals surface area (Å²) >= 11 is 5.85. The van der Waals surface area contributed by atoms with E-state index in [9.17, 15) is 0 Å². The highest BCUT2D eigenvalue weighted by Crippen LogP contribution is 2.32. The molecule has 0 heterocycles. The number of hydrogen-bond acceptors (Lipinski definition) is 2. The van der Waals surface area contributed by atoms with Crippen LogP contribution in [0.25, 0.3) is 11.1 Å². The lowest BCUT2D eigenvalue weighted by Crippen LogP contribution is -1.91. The van der Waals surface area contributed by atoms with E-state index < -0.39 is 0 Å². The Labute approximate surface area is 112 Å². The number of ether oxygens (including phenoxy) is 2. The van der Waals surface area contributed by atoms with E-state index in [4.69, 9.17) is 21.1 Å². The average molecular weight is 263 g/mol. The number of halogens is 1. The summed E-state index contributed by atoms with van der Waals surface area (Å²) in [5.74, 6) is 1.97. The van der Waals surface area contributed by atoms with Gasteiger partial charge in [0, 0.05) is 5.88 Å². The number of benzene rings is 2. The third-order valence-corrected chi connectivity index (χ3v) is 3.11. The van der Waals surface area contributed by atoms with Crippen LogP contribution in [-0.4, -0.2) is 14.2 Å². The van der Waals surface area contributed by atoms with E-state index in [2.05, 4.69) is 12.1 Å². The van der Waals surface area contributed by atoms with Crippen molar-refractivity contribution in [1.82, 2.24) is 0 Å². The molecule has 0 aliphatic carbocycles. The molecular weight excluding hydrogens is 248 g/mol. The number of methoxy groups -OCH3 is 2. The van der Waals surface area contributed by atoms with Crippen molar-refractivity contribution in [3.63, 3.8) is 0 Å². The Bertz CT molecular complexity index is 538. The second-order valence-corrected chi connectivity index (χ2v) is 4.17. The van der Waals surface area contributed by atoms with E-state index in [1.54, 1.807) is 14.2 Å². The van der Waals surface area contributed by atoms with Gasteiger partial charge >= 0.3 is 0 Å². The second kappa shape index (κ2) is 5.78. The van der Waals surface area contributed by atoms with Gasteiger partial charge < -0.3 is 9.47 Å². The Kier molecular flexibility index (Phi) is 4.11. The zero-order valence-corrected chi connectivity index (χ0v) is 11.2. The molecule has 0 saturated carbocycles. The largest absolute Gasteiger partial charge is 0.493 e. The Morgan fingerprint density at radius 3 is 2.28 bits per heavy atom. The van der Waals surface area contributed by atoms with Crippen molar-refractivity contribution in [2.45, 2.75) is 5.88 Å². The van der Waals surface area contributed by atoms with Gasteiger partial charge in [0.1, 0.15) is 0 Å². The van der Waals surface area contributed by atoms with Crippen LogP contribution in [0.5, 0.6) is 11.5 Å². The number of alkyl halides is 1. The lowest BCUT2D eigenvalue weighted by atomic mass is 10.0. The van der Waals surface area contributed by atoms with Crippen molar-refractivity contribution in [3.05, 3.63) is 48.0 Å². The van der Waals surface area contributed by atoms with Crippen LogP contribution in [-0.2, 0) is 5.88 Å². The molecule has 2 aromatic carbocycles. The van der Waals surface area contributed by atoms with Crippen molar-refractivity contribution >= 4 is 11.6 Å². The molecule has 0 N–H and O–H groups in total. The molecule has 0 spiro atoms. The van der Waals surface area contributed by atoms with Crippen LogP contribution in [0.3, 0.4) is 0 Å². The van der Waals surface area contributed by atoms with Crippen LogP contribution >= 0.6 is 11.6 Å². The van der Waals surface area contributed by atoms with E-state index >= 15 is 0 Å². The summed E-state index contributed by atoms with van der Waals surface area (Å²) in [4.78, 5) is 0. The van der Waals surface area contributed by atoms with Gasteiger partial charge in [-0.25, -0.2) is 0 Å². The van der Waals surface area contributed by atoms with Crippen LogP contribution in [0.15, 0.2) is 42.5 Å².